The molecule has 0 saturated carbocycles. The monoisotopic (exact) mass is 492 g/mol. The second kappa shape index (κ2) is 8.90. The van der Waals surface area contributed by atoms with Crippen LogP contribution in [-0.2, 0) is 10.0 Å². The number of amides is 1. The maximum absolute atomic E-state index is 12.6. The Hall–Kier alpha value is -2.94. The zero-order chi connectivity index (χ0) is 22.9. The Morgan fingerprint density at radius 3 is 2.38 bits per heavy atom. The van der Waals surface area contributed by atoms with Crippen LogP contribution < -0.4 is 19.5 Å². The van der Waals surface area contributed by atoms with Gasteiger partial charge in [-0.15, -0.1) is 0 Å². The molecule has 2 N–H and O–H groups in total. The van der Waals surface area contributed by atoms with Gasteiger partial charge in [0.25, 0.3) is 15.9 Å². The smallest absolute Gasteiger partial charge is 0.261 e. The average Bonchev–Trinajstić information content (AvgIpc) is 3.23. The number of rotatable bonds is 6. The molecular weight excluding hydrogens is 475 g/mol. The third kappa shape index (κ3) is 4.77. The van der Waals surface area contributed by atoms with Crippen LogP contribution in [0.25, 0.3) is 0 Å². The molecule has 4 rings (SSSR count). The van der Waals surface area contributed by atoms with E-state index in [4.69, 9.17) is 32.7 Å². The second-order valence-corrected chi connectivity index (χ2v) is 9.56. The molecule has 0 aromatic heterocycles. The van der Waals surface area contributed by atoms with Gasteiger partial charge in [-0.1, -0.05) is 29.3 Å². The molecule has 0 saturated heterocycles. The summed E-state index contributed by atoms with van der Waals surface area (Å²) in [4.78, 5) is 12.6. The van der Waals surface area contributed by atoms with Crippen LogP contribution in [0.15, 0.2) is 65.6 Å². The first-order valence-corrected chi connectivity index (χ1v) is 11.8. The number of fused-ring (bicyclic) bond motifs is 1. The van der Waals surface area contributed by atoms with Crippen molar-refractivity contribution in [2.45, 2.75) is 17.9 Å². The number of anilines is 1. The van der Waals surface area contributed by atoms with Crippen LogP contribution in [0.4, 0.5) is 5.69 Å². The number of halogens is 2. The Kier molecular flexibility index (Phi) is 6.19. The van der Waals surface area contributed by atoms with Gasteiger partial charge in [-0.05, 0) is 67.1 Å². The molecule has 1 aliphatic heterocycles. The van der Waals surface area contributed by atoms with Crippen molar-refractivity contribution in [1.82, 2.24) is 5.32 Å². The van der Waals surface area contributed by atoms with Gasteiger partial charge in [0, 0.05) is 11.3 Å². The summed E-state index contributed by atoms with van der Waals surface area (Å²) >= 11 is 11.8. The van der Waals surface area contributed by atoms with E-state index in [-0.39, 0.29) is 33.7 Å². The fraction of sp³-hybridized carbons (Fsp3) is 0.136. The topological polar surface area (TPSA) is 93.7 Å². The standard InChI is InChI=1S/C22H18Cl2N2O5S/c1-13(15-4-9-20-21(10-15)31-12-30-20)25-22(27)14-2-5-16(6-3-14)26-32(28,29)17-7-8-18(23)19(24)11-17/h2-11,13,26H,12H2,1H3,(H,25,27)/t13-/m1/s1. The van der Waals surface area contributed by atoms with Gasteiger partial charge in [0.15, 0.2) is 11.5 Å². The summed E-state index contributed by atoms with van der Waals surface area (Å²) in [6.45, 7) is 2.04. The molecule has 10 heteroatoms. The SMILES string of the molecule is C[C@@H](NC(=O)c1ccc(NS(=O)(=O)c2ccc(Cl)c(Cl)c2)cc1)c1ccc2c(c1)OCO2. The molecule has 1 aliphatic rings. The van der Waals surface area contributed by atoms with E-state index in [9.17, 15) is 13.2 Å². The molecule has 1 atom stereocenters. The summed E-state index contributed by atoms with van der Waals surface area (Å²) in [7, 11) is -3.86. The molecule has 3 aromatic carbocycles. The molecular formula is C22H18Cl2N2O5S. The number of sulfonamides is 1. The average molecular weight is 493 g/mol. The number of carbonyl (C=O) groups excluding carboxylic acids is 1. The molecule has 32 heavy (non-hydrogen) atoms. The Morgan fingerprint density at radius 2 is 1.66 bits per heavy atom. The first-order chi connectivity index (χ1) is 15.2. The second-order valence-electron chi connectivity index (χ2n) is 7.07. The van der Waals surface area contributed by atoms with Crippen molar-refractivity contribution in [3.05, 3.63) is 81.8 Å². The zero-order valence-electron chi connectivity index (χ0n) is 16.8. The van der Waals surface area contributed by atoms with Crippen molar-refractivity contribution in [2.24, 2.45) is 0 Å². The third-order valence-corrected chi connectivity index (χ3v) is 6.96. The molecule has 0 bridgehead atoms. The van der Waals surface area contributed by atoms with E-state index in [1.807, 2.05) is 19.1 Å². The van der Waals surface area contributed by atoms with Gasteiger partial charge in [0.2, 0.25) is 6.79 Å². The molecule has 0 fully saturated rings. The summed E-state index contributed by atoms with van der Waals surface area (Å²) in [5, 5.41) is 3.30. The van der Waals surface area contributed by atoms with Crippen molar-refractivity contribution in [3.63, 3.8) is 0 Å². The van der Waals surface area contributed by atoms with E-state index in [1.54, 1.807) is 6.07 Å². The normalized spacial score (nSPS) is 13.5. The van der Waals surface area contributed by atoms with Crippen LogP contribution in [0.5, 0.6) is 11.5 Å². The van der Waals surface area contributed by atoms with E-state index in [2.05, 4.69) is 10.0 Å². The zero-order valence-corrected chi connectivity index (χ0v) is 19.1. The van der Waals surface area contributed by atoms with Crippen molar-refractivity contribution in [3.8, 4) is 11.5 Å². The number of hydrogen-bond acceptors (Lipinski definition) is 5. The predicted octanol–water partition coefficient (Wildman–Crippen LogP) is 5.01. The Morgan fingerprint density at radius 1 is 0.938 bits per heavy atom. The van der Waals surface area contributed by atoms with Gasteiger partial charge < -0.3 is 14.8 Å². The summed E-state index contributed by atoms with van der Waals surface area (Å²) < 4.78 is 38.2. The molecule has 0 aliphatic carbocycles. The molecule has 1 heterocycles. The summed E-state index contributed by atoms with van der Waals surface area (Å²) in [5.41, 5.74) is 1.56. The summed E-state index contributed by atoms with van der Waals surface area (Å²) in [6.07, 6.45) is 0. The lowest BCUT2D eigenvalue weighted by atomic mass is 10.1. The van der Waals surface area contributed by atoms with Crippen LogP contribution in [0, 0.1) is 0 Å². The molecule has 3 aromatic rings. The molecule has 7 nitrogen and oxygen atoms in total. The highest BCUT2D eigenvalue weighted by Gasteiger charge is 2.18. The fourth-order valence-electron chi connectivity index (χ4n) is 3.09. The van der Waals surface area contributed by atoms with Gasteiger partial charge >= 0.3 is 0 Å². The number of nitrogens with one attached hydrogen (secondary N) is 2. The minimum absolute atomic E-state index is 0.0220. The molecule has 166 valence electrons. The van der Waals surface area contributed by atoms with Crippen molar-refractivity contribution < 1.29 is 22.7 Å². The minimum Gasteiger partial charge on any atom is -0.454 e. The van der Waals surface area contributed by atoms with E-state index in [0.717, 1.165) is 5.56 Å². The van der Waals surface area contributed by atoms with Crippen LogP contribution in [0.1, 0.15) is 28.9 Å². The molecule has 0 radical (unpaired) electrons. The van der Waals surface area contributed by atoms with E-state index >= 15 is 0 Å². The van der Waals surface area contributed by atoms with Crippen molar-refractivity contribution >= 4 is 44.8 Å². The molecule has 0 spiro atoms. The van der Waals surface area contributed by atoms with Gasteiger partial charge in [-0.25, -0.2) is 8.42 Å². The largest absolute Gasteiger partial charge is 0.454 e. The fourth-order valence-corrected chi connectivity index (χ4v) is 4.54. The number of hydrogen-bond donors (Lipinski definition) is 2. The quantitative estimate of drug-likeness (QED) is 0.504. The minimum atomic E-state index is -3.86. The highest BCUT2D eigenvalue weighted by Crippen LogP contribution is 2.34. The first kappa shape index (κ1) is 22.3. The van der Waals surface area contributed by atoms with Crippen LogP contribution in [0.3, 0.4) is 0 Å². The Bertz CT molecular complexity index is 1280. The van der Waals surface area contributed by atoms with Crippen LogP contribution in [0.2, 0.25) is 10.0 Å². The third-order valence-electron chi connectivity index (χ3n) is 4.84. The lowest BCUT2D eigenvalue weighted by molar-refractivity contribution is 0.0940. The lowest BCUT2D eigenvalue weighted by Gasteiger charge is -2.15. The number of benzene rings is 3. The van der Waals surface area contributed by atoms with Gasteiger partial charge in [0.1, 0.15) is 0 Å². The maximum Gasteiger partial charge on any atom is 0.261 e. The van der Waals surface area contributed by atoms with Crippen LogP contribution in [-0.4, -0.2) is 21.1 Å². The molecule has 0 unspecified atom stereocenters. The maximum atomic E-state index is 12.6. The van der Waals surface area contributed by atoms with Gasteiger partial charge in [-0.2, -0.15) is 0 Å². The van der Waals surface area contributed by atoms with Gasteiger partial charge in [-0.3, -0.25) is 9.52 Å². The highest BCUT2D eigenvalue weighted by atomic mass is 35.5. The highest BCUT2D eigenvalue weighted by molar-refractivity contribution is 7.92. The Balaban J connectivity index is 1.42. The first-order valence-electron chi connectivity index (χ1n) is 9.51. The van der Waals surface area contributed by atoms with Crippen molar-refractivity contribution in [1.29, 1.82) is 0 Å². The van der Waals surface area contributed by atoms with Gasteiger partial charge in [0.05, 0.1) is 21.0 Å². The van der Waals surface area contributed by atoms with Crippen molar-refractivity contribution in [2.75, 3.05) is 11.5 Å². The van der Waals surface area contributed by atoms with Crippen LogP contribution >= 0.6 is 23.2 Å². The molecule has 1 amide bonds. The van der Waals surface area contributed by atoms with E-state index in [0.29, 0.717) is 22.7 Å². The predicted molar refractivity (Wildman–Crippen MR) is 122 cm³/mol. The number of carbonyl (C=O) groups is 1. The van der Waals surface area contributed by atoms with E-state index in [1.165, 1.54) is 42.5 Å². The summed E-state index contributed by atoms with van der Waals surface area (Å²) in [6, 6.07) is 15.3. The lowest BCUT2D eigenvalue weighted by Crippen LogP contribution is -2.26. The Labute approximate surface area is 195 Å². The summed E-state index contributed by atoms with van der Waals surface area (Å²) in [5.74, 6) is 1.02. The van der Waals surface area contributed by atoms with E-state index < -0.39 is 10.0 Å². The number of ether oxygens (including phenoxy) is 2.